The molecule has 2 heterocycles. The van der Waals surface area contributed by atoms with Gasteiger partial charge in [-0.05, 0) is 43.2 Å². The molecule has 27 heavy (non-hydrogen) atoms. The summed E-state index contributed by atoms with van der Waals surface area (Å²) in [7, 11) is 1.84. The molecule has 1 N–H and O–H groups in total. The molecule has 0 bridgehead atoms. The fraction of sp³-hybridized carbons (Fsp3) is 0.182. The lowest BCUT2D eigenvalue weighted by Gasteiger charge is -2.04. The number of rotatable bonds is 5. The second-order valence-corrected chi connectivity index (χ2v) is 6.68. The van der Waals surface area contributed by atoms with Gasteiger partial charge >= 0.3 is 0 Å². The van der Waals surface area contributed by atoms with Crippen LogP contribution < -0.4 is 5.32 Å². The van der Waals surface area contributed by atoms with Gasteiger partial charge in [-0.15, -0.1) is 0 Å². The molecule has 0 atom stereocenters. The fourth-order valence-corrected chi connectivity index (χ4v) is 3.32. The fourth-order valence-electron chi connectivity index (χ4n) is 3.32. The van der Waals surface area contributed by atoms with Crippen LogP contribution in [0.2, 0.25) is 0 Å². The van der Waals surface area contributed by atoms with Crippen LogP contribution in [0.25, 0.3) is 16.6 Å². The molecule has 0 radical (unpaired) electrons. The van der Waals surface area contributed by atoms with Gasteiger partial charge in [-0.1, -0.05) is 36.4 Å². The Morgan fingerprint density at radius 1 is 1.07 bits per heavy atom. The standard InChI is InChI=1S/C22H22N4O/c1-16-14-20(24-25(16)2)22(27)23-13-12-17-15-26(18-8-4-3-5-9-18)21-11-7-6-10-19(17)21/h3-11,14-15H,12-13H2,1-2H3,(H,23,27). The molecule has 0 fully saturated rings. The molecule has 0 spiro atoms. The Hall–Kier alpha value is -3.34. The molecule has 4 aromatic rings. The van der Waals surface area contributed by atoms with Gasteiger partial charge in [0.25, 0.3) is 5.91 Å². The average Bonchev–Trinajstić information content (AvgIpc) is 3.23. The van der Waals surface area contributed by atoms with Crippen molar-refractivity contribution >= 4 is 16.8 Å². The summed E-state index contributed by atoms with van der Waals surface area (Å²) in [5.74, 6) is -0.134. The van der Waals surface area contributed by atoms with Crippen LogP contribution in [0.1, 0.15) is 21.7 Å². The van der Waals surface area contributed by atoms with Crippen molar-refractivity contribution in [2.45, 2.75) is 13.3 Å². The Labute approximate surface area is 158 Å². The number of carbonyl (C=O) groups is 1. The SMILES string of the molecule is Cc1cc(C(=O)NCCc2cn(-c3ccccc3)c3ccccc23)nn1C. The maximum atomic E-state index is 12.3. The van der Waals surface area contributed by atoms with Crippen molar-refractivity contribution in [2.24, 2.45) is 7.05 Å². The smallest absolute Gasteiger partial charge is 0.271 e. The van der Waals surface area contributed by atoms with E-state index in [0.29, 0.717) is 12.2 Å². The van der Waals surface area contributed by atoms with E-state index < -0.39 is 0 Å². The second kappa shape index (κ2) is 7.11. The maximum absolute atomic E-state index is 12.3. The summed E-state index contributed by atoms with van der Waals surface area (Å²) in [6.45, 7) is 2.50. The van der Waals surface area contributed by atoms with Gasteiger partial charge in [0.05, 0.1) is 5.52 Å². The Morgan fingerprint density at radius 2 is 1.81 bits per heavy atom. The van der Waals surface area contributed by atoms with Gasteiger partial charge < -0.3 is 9.88 Å². The highest BCUT2D eigenvalue weighted by molar-refractivity contribution is 5.92. The van der Waals surface area contributed by atoms with Gasteiger partial charge in [0, 0.05) is 36.6 Å². The topological polar surface area (TPSA) is 51.9 Å². The number of nitrogens with zero attached hydrogens (tertiary/aromatic N) is 3. The summed E-state index contributed by atoms with van der Waals surface area (Å²) in [5.41, 5.74) is 4.94. The van der Waals surface area contributed by atoms with Crippen LogP contribution in [0.15, 0.2) is 66.9 Å². The molecular weight excluding hydrogens is 336 g/mol. The predicted octanol–water partition coefficient (Wildman–Crippen LogP) is 3.64. The van der Waals surface area contributed by atoms with E-state index >= 15 is 0 Å². The van der Waals surface area contributed by atoms with E-state index in [4.69, 9.17) is 0 Å². The number of amides is 1. The monoisotopic (exact) mass is 358 g/mol. The summed E-state index contributed by atoms with van der Waals surface area (Å²) in [4.78, 5) is 12.3. The zero-order valence-corrected chi connectivity index (χ0v) is 15.5. The molecule has 0 aliphatic rings. The highest BCUT2D eigenvalue weighted by Gasteiger charge is 2.12. The van der Waals surface area contributed by atoms with Gasteiger partial charge in [0.1, 0.15) is 5.69 Å². The van der Waals surface area contributed by atoms with Crippen molar-refractivity contribution in [3.8, 4) is 5.69 Å². The molecule has 0 aliphatic heterocycles. The first kappa shape index (κ1) is 17.1. The van der Waals surface area contributed by atoms with Crippen LogP contribution in [0.4, 0.5) is 0 Å². The third-order valence-electron chi connectivity index (χ3n) is 4.86. The number of hydrogen-bond donors (Lipinski definition) is 1. The third kappa shape index (κ3) is 3.36. The highest BCUT2D eigenvalue weighted by Crippen LogP contribution is 2.25. The van der Waals surface area contributed by atoms with E-state index in [1.165, 1.54) is 16.5 Å². The highest BCUT2D eigenvalue weighted by atomic mass is 16.1. The third-order valence-corrected chi connectivity index (χ3v) is 4.86. The molecule has 136 valence electrons. The minimum Gasteiger partial charge on any atom is -0.350 e. The Bertz CT molecular complexity index is 1070. The molecule has 5 nitrogen and oxygen atoms in total. The van der Waals surface area contributed by atoms with Crippen LogP contribution in [-0.4, -0.2) is 26.8 Å². The van der Waals surface area contributed by atoms with Gasteiger partial charge in [0.15, 0.2) is 0 Å². The largest absolute Gasteiger partial charge is 0.350 e. The van der Waals surface area contributed by atoms with E-state index in [1.807, 2.05) is 32.2 Å². The molecule has 1 amide bonds. The molecule has 0 saturated carbocycles. The van der Waals surface area contributed by atoms with Crippen molar-refractivity contribution in [3.05, 3.63) is 83.8 Å². The van der Waals surface area contributed by atoms with E-state index in [9.17, 15) is 4.79 Å². The summed E-state index contributed by atoms with van der Waals surface area (Å²) in [6.07, 6.45) is 2.93. The van der Waals surface area contributed by atoms with Crippen molar-refractivity contribution in [2.75, 3.05) is 6.54 Å². The van der Waals surface area contributed by atoms with Crippen LogP contribution in [0.5, 0.6) is 0 Å². The van der Waals surface area contributed by atoms with Crippen molar-refractivity contribution in [1.29, 1.82) is 0 Å². The molecule has 0 aliphatic carbocycles. The first-order valence-corrected chi connectivity index (χ1v) is 9.07. The molecule has 0 saturated heterocycles. The molecule has 4 rings (SSSR count). The average molecular weight is 358 g/mol. The second-order valence-electron chi connectivity index (χ2n) is 6.68. The first-order chi connectivity index (χ1) is 13.1. The van der Waals surface area contributed by atoms with Crippen LogP contribution >= 0.6 is 0 Å². The van der Waals surface area contributed by atoms with Gasteiger partial charge in [-0.3, -0.25) is 9.48 Å². The molecule has 5 heteroatoms. The zero-order valence-electron chi connectivity index (χ0n) is 15.5. The summed E-state index contributed by atoms with van der Waals surface area (Å²) in [5, 5.41) is 8.42. The maximum Gasteiger partial charge on any atom is 0.271 e. The number of hydrogen-bond acceptors (Lipinski definition) is 2. The Kier molecular flexibility index (Phi) is 4.50. The Balaban J connectivity index is 1.53. The molecular formula is C22H22N4O. The quantitative estimate of drug-likeness (QED) is 0.592. The predicted molar refractivity (Wildman–Crippen MR) is 107 cm³/mol. The van der Waals surface area contributed by atoms with E-state index in [1.54, 1.807) is 10.7 Å². The molecule has 0 unspecified atom stereocenters. The number of fused-ring (bicyclic) bond motifs is 1. The summed E-state index contributed by atoms with van der Waals surface area (Å²) >= 11 is 0. The lowest BCUT2D eigenvalue weighted by molar-refractivity contribution is 0.0948. The Morgan fingerprint density at radius 3 is 2.56 bits per heavy atom. The minimum absolute atomic E-state index is 0.134. The minimum atomic E-state index is -0.134. The summed E-state index contributed by atoms with van der Waals surface area (Å²) < 4.78 is 3.91. The number of carbonyl (C=O) groups excluding carboxylic acids is 1. The lowest BCUT2D eigenvalue weighted by Crippen LogP contribution is -2.26. The van der Waals surface area contributed by atoms with E-state index in [0.717, 1.165) is 17.8 Å². The molecule has 2 aromatic carbocycles. The number of benzene rings is 2. The van der Waals surface area contributed by atoms with Crippen molar-refractivity contribution in [3.63, 3.8) is 0 Å². The summed E-state index contributed by atoms with van der Waals surface area (Å²) in [6, 6.07) is 20.5. The number of aromatic nitrogens is 3. The zero-order chi connectivity index (χ0) is 18.8. The van der Waals surface area contributed by atoms with Gasteiger partial charge in [-0.2, -0.15) is 5.10 Å². The normalized spacial score (nSPS) is 11.0. The van der Waals surface area contributed by atoms with E-state index in [2.05, 4.69) is 57.6 Å². The van der Waals surface area contributed by atoms with Crippen LogP contribution in [0, 0.1) is 6.92 Å². The number of para-hydroxylation sites is 2. The molecule has 2 aromatic heterocycles. The number of nitrogens with one attached hydrogen (secondary N) is 1. The number of aryl methyl sites for hydroxylation is 2. The van der Waals surface area contributed by atoms with Gasteiger partial charge in [0.2, 0.25) is 0 Å². The van der Waals surface area contributed by atoms with Gasteiger partial charge in [-0.25, -0.2) is 0 Å². The van der Waals surface area contributed by atoms with Crippen molar-refractivity contribution < 1.29 is 4.79 Å². The lowest BCUT2D eigenvalue weighted by atomic mass is 10.1. The van der Waals surface area contributed by atoms with Crippen LogP contribution in [0.3, 0.4) is 0 Å². The van der Waals surface area contributed by atoms with Crippen LogP contribution in [-0.2, 0) is 13.5 Å². The first-order valence-electron chi connectivity index (χ1n) is 9.07. The van der Waals surface area contributed by atoms with E-state index in [-0.39, 0.29) is 5.91 Å². The van der Waals surface area contributed by atoms with Crippen molar-refractivity contribution in [1.82, 2.24) is 19.7 Å².